The van der Waals surface area contributed by atoms with E-state index in [4.69, 9.17) is 18.9 Å². The molecule has 9 N–H and O–H groups in total. The minimum absolute atomic E-state index is 0.258. The summed E-state index contributed by atoms with van der Waals surface area (Å²) in [5.74, 6) is -0.274. The van der Waals surface area contributed by atoms with Crippen molar-refractivity contribution in [2.45, 2.75) is 274 Å². The monoisotopic (exact) mass is 904 g/mol. The molecule has 0 aromatic rings. The van der Waals surface area contributed by atoms with Gasteiger partial charge in [0.15, 0.2) is 12.6 Å². The average Bonchev–Trinajstić information content (AvgIpc) is 3.28. The quantitative estimate of drug-likeness (QED) is 0.0241. The molecular formula is C49H93NO13. The molecule has 2 aliphatic rings. The van der Waals surface area contributed by atoms with Gasteiger partial charge in [-0.15, -0.1) is 0 Å². The number of allylic oxidation sites excluding steroid dienone is 1. The van der Waals surface area contributed by atoms with Crippen molar-refractivity contribution in [3.8, 4) is 0 Å². The Morgan fingerprint density at radius 1 is 0.556 bits per heavy atom. The minimum Gasteiger partial charge on any atom is -0.394 e. The van der Waals surface area contributed by atoms with Gasteiger partial charge in [0, 0.05) is 6.42 Å². The van der Waals surface area contributed by atoms with Gasteiger partial charge < -0.3 is 65.1 Å². The van der Waals surface area contributed by atoms with E-state index in [2.05, 4.69) is 12.2 Å². The van der Waals surface area contributed by atoms with Crippen molar-refractivity contribution in [3.63, 3.8) is 0 Å². The molecule has 2 saturated heterocycles. The molecule has 14 nitrogen and oxygen atoms in total. The maximum absolute atomic E-state index is 12.7. The minimum atomic E-state index is -1.78. The largest absolute Gasteiger partial charge is 0.394 e. The Labute approximate surface area is 380 Å². The first-order chi connectivity index (χ1) is 30.6. The van der Waals surface area contributed by atoms with Gasteiger partial charge in [-0.1, -0.05) is 187 Å². The van der Waals surface area contributed by atoms with Gasteiger partial charge in [-0.3, -0.25) is 4.79 Å². The number of carbonyl (C=O) groups excluding carboxylic acids is 1. The lowest BCUT2D eigenvalue weighted by Gasteiger charge is -2.46. The average molecular weight is 904 g/mol. The molecule has 2 aliphatic heterocycles. The Morgan fingerprint density at radius 3 is 1.44 bits per heavy atom. The summed E-state index contributed by atoms with van der Waals surface area (Å²) in [6, 6.07) is -0.904. The van der Waals surface area contributed by atoms with Gasteiger partial charge in [0.2, 0.25) is 5.91 Å². The van der Waals surface area contributed by atoms with Crippen LogP contribution in [0, 0.1) is 0 Å². The standard InChI is InChI=1S/C49H93NO13/c1-3-5-7-8-9-10-11-12-13-14-15-16-17-18-19-20-21-22-23-24-25-26-27-28-29-30-31-32-38(53)37(50-41(54)33-6-4-2)36-60-48-46(59)44(57)47(40(35-52)62-48)63-49-45(58)43(56)42(55)39(34-51)61-49/h31-32,37-40,42-49,51-53,55-59H,3-30,33-36H2,1-2H3,(H,50,54)/b32-31+. The summed E-state index contributed by atoms with van der Waals surface area (Å²) < 4.78 is 22.5. The first-order valence-corrected chi connectivity index (χ1v) is 25.4. The zero-order valence-electron chi connectivity index (χ0n) is 39.3. The molecule has 0 spiro atoms. The third-order valence-corrected chi connectivity index (χ3v) is 12.7. The van der Waals surface area contributed by atoms with Gasteiger partial charge in [-0.05, 0) is 19.3 Å². The number of nitrogens with one attached hydrogen (secondary N) is 1. The predicted octanol–water partition coefficient (Wildman–Crippen LogP) is 6.38. The molecule has 0 aliphatic carbocycles. The van der Waals surface area contributed by atoms with E-state index in [1.165, 1.54) is 148 Å². The van der Waals surface area contributed by atoms with Crippen molar-refractivity contribution in [2.24, 2.45) is 0 Å². The van der Waals surface area contributed by atoms with Crippen LogP contribution >= 0.6 is 0 Å². The van der Waals surface area contributed by atoms with Crippen molar-refractivity contribution >= 4 is 5.91 Å². The molecule has 12 atom stereocenters. The van der Waals surface area contributed by atoms with E-state index in [1.54, 1.807) is 6.08 Å². The fourth-order valence-corrected chi connectivity index (χ4v) is 8.50. The molecule has 0 bridgehead atoms. The fourth-order valence-electron chi connectivity index (χ4n) is 8.50. The third kappa shape index (κ3) is 24.4. The Kier molecular flexibility index (Phi) is 33.8. The third-order valence-electron chi connectivity index (χ3n) is 12.7. The molecule has 372 valence electrons. The molecule has 0 aromatic carbocycles. The number of aliphatic hydroxyl groups is 8. The van der Waals surface area contributed by atoms with Crippen LogP contribution < -0.4 is 5.32 Å². The second kappa shape index (κ2) is 36.8. The summed E-state index contributed by atoms with van der Waals surface area (Å²) >= 11 is 0. The Morgan fingerprint density at radius 2 is 0.984 bits per heavy atom. The molecule has 0 aromatic heterocycles. The van der Waals surface area contributed by atoms with E-state index in [-0.39, 0.29) is 18.9 Å². The van der Waals surface area contributed by atoms with Crippen molar-refractivity contribution in [3.05, 3.63) is 12.2 Å². The highest BCUT2D eigenvalue weighted by Gasteiger charge is 2.51. The maximum atomic E-state index is 12.7. The fraction of sp³-hybridized carbons (Fsp3) is 0.939. The van der Waals surface area contributed by atoms with Crippen LogP contribution in [0.1, 0.15) is 200 Å². The lowest BCUT2D eigenvalue weighted by Crippen LogP contribution is -2.65. The van der Waals surface area contributed by atoms with Crippen molar-refractivity contribution in [1.82, 2.24) is 5.32 Å². The molecule has 14 heteroatoms. The van der Waals surface area contributed by atoms with Gasteiger partial charge in [-0.2, -0.15) is 0 Å². The zero-order chi connectivity index (χ0) is 46.1. The summed E-state index contributed by atoms with van der Waals surface area (Å²) in [6.07, 6.45) is 22.8. The number of hydrogen-bond acceptors (Lipinski definition) is 13. The highest BCUT2D eigenvalue weighted by Crippen LogP contribution is 2.30. The van der Waals surface area contributed by atoms with E-state index in [1.807, 2.05) is 13.0 Å². The van der Waals surface area contributed by atoms with Crippen LogP contribution in [-0.4, -0.2) is 140 Å². The summed E-state index contributed by atoms with van der Waals surface area (Å²) in [7, 11) is 0. The number of unbranched alkanes of at least 4 members (excludes halogenated alkanes) is 26. The highest BCUT2D eigenvalue weighted by atomic mass is 16.7. The maximum Gasteiger partial charge on any atom is 0.220 e. The Bertz CT molecular complexity index is 1120. The van der Waals surface area contributed by atoms with Crippen molar-refractivity contribution in [1.29, 1.82) is 0 Å². The SMILES string of the molecule is CCCCCCCCCCCCCCCCCCCCCCCCCCC/C=C/C(O)C(COC1OC(CO)C(OC2OC(CO)C(O)C(O)C2O)C(O)C1O)NC(=O)CCCC. The van der Waals surface area contributed by atoms with E-state index in [0.717, 1.165) is 25.7 Å². The van der Waals surface area contributed by atoms with E-state index < -0.39 is 86.8 Å². The smallest absolute Gasteiger partial charge is 0.220 e. The summed E-state index contributed by atoms with van der Waals surface area (Å²) in [5, 5.41) is 85.9. The lowest BCUT2D eigenvalue weighted by atomic mass is 9.97. The first kappa shape index (κ1) is 57.9. The molecule has 2 heterocycles. The molecule has 63 heavy (non-hydrogen) atoms. The molecule has 2 fully saturated rings. The van der Waals surface area contributed by atoms with E-state index >= 15 is 0 Å². The number of carbonyl (C=O) groups is 1. The van der Waals surface area contributed by atoms with Crippen LogP contribution in [0.4, 0.5) is 0 Å². The van der Waals surface area contributed by atoms with Crippen LogP contribution in [0.2, 0.25) is 0 Å². The molecule has 12 unspecified atom stereocenters. The number of amides is 1. The van der Waals surface area contributed by atoms with Crippen LogP contribution in [0.25, 0.3) is 0 Å². The molecule has 2 rings (SSSR count). The second-order valence-electron chi connectivity index (χ2n) is 18.3. The predicted molar refractivity (Wildman–Crippen MR) is 245 cm³/mol. The summed E-state index contributed by atoms with van der Waals surface area (Å²) in [6.45, 7) is 2.53. The van der Waals surface area contributed by atoms with Gasteiger partial charge in [0.25, 0.3) is 0 Å². The van der Waals surface area contributed by atoms with Gasteiger partial charge in [0.05, 0.1) is 32.0 Å². The summed E-state index contributed by atoms with van der Waals surface area (Å²) in [5.41, 5.74) is 0. The normalized spacial score (nSPS) is 27.5. The topological polar surface area (TPSA) is 228 Å². The number of aliphatic hydroxyl groups excluding tert-OH is 8. The van der Waals surface area contributed by atoms with Gasteiger partial charge in [0.1, 0.15) is 48.8 Å². The van der Waals surface area contributed by atoms with Crippen molar-refractivity contribution in [2.75, 3.05) is 19.8 Å². The summed E-state index contributed by atoms with van der Waals surface area (Å²) in [4.78, 5) is 12.7. The second-order valence-corrected chi connectivity index (χ2v) is 18.3. The molecule has 0 saturated carbocycles. The van der Waals surface area contributed by atoms with Crippen LogP contribution in [0.3, 0.4) is 0 Å². The van der Waals surface area contributed by atoms with Gasteiger partial charge in [-0.25, -0.2) is 0 Å². The number of hydrogen-bond donors (Lipinski definition) is 9. The van der Waals surface area contributed by atoms with Crippen molar-refractivity contribution < 1.29 is 64.6 Å². The number of rotatable bonds is 39. The molecule has 1 amide bonds. The highest BCUT2D eigenvalue weighted by molar-refractivity contribution is 5.76. The lowest BCUT2D eigenvalue weighted by molar-refractivity contribution is -0.359. The zero-order valence-corrected chi connectivity index (χ0v) is 39.3. The Hall–Kier alpha value is -1.27. The van der Waals surface area contributed by atoms with Crippen LogP contribution in [0.15, 0.2) is 12.2 Å². The van der Waals surface area contributed by atoms with E-state index in [9.17, 15) is 45.6 Å². The van der Waals surface area contributed by atoms with Gasteiger partial charge >= 0.3 is 0 Å². The molecule has 0 radical (unpaired) electrons. The van der Waals surface area contributed by atoms with Crippen LogP contribution in [-0.2, 0) is 23.7 Å². The number of ether oxygens (including phenoxy) is 4. The first-order valence-electron chi connectivity index (χ1n) is 25.4. The Balaban J connectivity index is 1.60. The van der Waals surface area contributed by atoms with E-state index in [0.29, 0.717) is 6.42 Å². The molecular weight excluding hydrogens is 811 g/mol. The van der Waals surface area contributed by atoms with Crippen LogP contribution in [0.5, 0.6) is 0 Å².